The number of phenolic OH excluding ortho intramolecular Hbond substituents is 1. The predicted octanol–water partition coefficient (Wildman–Crippen LogP) is 2.89. The van der Waals surface area contributed by atoms with E-state index in [0.717, 1.165) is 25.3 Å². The van der Waals surface area contributed by atoms with Crippen molar-refractivity contribution in [2.24, 2.45) is 0 Å². The largest absolute Gasteiger partial charge is 0.504 e. The Kier molecular flexibility index (Phi) is 7.22. The number of hydrogen-bond donors (Lipinski definition) is 4. The minimum atomic E-state index is -1.37. The molecule has 6 heteroatoms. The molecule has 0 saturated carbocycles. The average Bonchev–Trinajstić information content (AvgIpc) is 2.48. The number of unbranched alkanes of at least 4 members (excludes halogenated alkanes) is 5. The Balaban J connectivity index is 2.49. The van der Waals surface area contributed by atoms with E-state index in [0.29, 0.717) is 6.54 Å². The standard InChI is InChI=1S/C16H23NO5/c1-2-3-4-5-6-7-10-17-15(20)11-8-9-12(16(21)22)14(19)13(11)18/h8-9,18-19H,2-7,10H2,1H3,(H,17,20)(H,21,22). The molecule has 0 atom stereocenters. The number of carboxylic acids is 1. The highest BCUT2D eigenvalue weighted by molar-refractivity contribution is 6.00. The zero-order chi connectivity index (χ0) is 16.5. The van der Waals surface area contributed by atoms with Crippen LogP contribution >= 0.6 is 0 Å². The smallest absolute Gasteiger partial charge is 0.339 e. The highest BCUT2D eigenvalue weighted by atomic mass is 16.4. The van der Waals surface area contributed by atoms with Crippen LogP contribution in [0.25, 0.3) is 0 Å². The van der Waals surface area contributed by atoms with E-state index in [1.807, 2.05) is 0 Å². The molecule has 22 heavy (non-hydrogen) atoms. The first-order valence-electron chi connectivity index (χ1n) is 7.55. The maximum Gasteiger partial charge on any atom is 0.339 e. The summed E-state index contributed by atoms with van der Waals surface area (Å²) < 4.78 is 0. The van der Waals surface area contributed by atoms with Gasteiger partial charge in [-0.15, -0.1) is 0 Å². The third-order valence-corrected chi connectivity index (χ3v) is 3.44. The Morgan fingerprint density at radius 1 is 0.955 bits per heavy atom. The van der Waals surface area contributed by atoms with Gasteiger partial charge >= 0.3 is 5.97 Å². The second-order valence-electron chi connectivity index (χ2n) is 5.19. The van der Waals surface area contributed by atoms with Crippen molar-refractivity contribution in [2.45, 2.75) is 45.4 Å². The fourth-order valence-electron chi connectivity index (χ4n) is 2.14. The van der Waals surface area contributed by atoms with Gasteiger partial charge in [-0.25, -0.2) is 4.79 Å². The normalized spacial score (nSPS) is 10.4. The lowest BCUT2D eigenvalue weighted by molar-refractivity contribution is 0.0692. The van der Waals surface area contributed by atoms with Crippen LogP contribution in [0.1, 0.15) is 66.2 Å². The quantitative estimate of drug-likeness (QED) is 0.414. The van der Waals surface area contributed by atoms with E-state index >= 15 is 0 Å². The second-order valence-corrected chi connectivity index (χ2v) is 5.19. The molecule has 0 bridgehead atoms. The molecule has 0 unspecified atom stereocenters. The first kappa shape index (κ1) is 17.8. The minimum Gasteiger partial charge on any atom is -0.504 e. The number of carbonyl (C=O) groups excluding carboxylic acids is 1. The number of amides is 1. The highest BCUT2D eigenvalue weighted by Gasteiger charge is 2.20. The lowest BCUT2D eigenvalue weighted by atomic mass is 10.1. The molecule has 4 N–H and O–H groups in total. The second kappa shape index (κ2) is 8.92. The third-order valence-electron chi connectivity index (χ3n) is 3.44. The molecule has 0 saturated heterocycles. The molecule has 1 rings (SSSR count). The van der Waals surface area contributed by atoms with Crippen LogP contribution in [0.4, 0.5) is 0 Å². The van der Waals surface area contributed by atoms with E-state index in [1.165, 1.54) is 25.3 Å². The SMILES string of the molecule is CCCCCCCCNC(=O)c1ccc(C(=O)O)c(O)c1O. The molecule has 0 aliphatic carbocycles. The Morgan fingerprint density at radius 3 is 2.14 bits per heavy atom. The lowest BCUT2D eigenvalue weighted by Crippen LogP contribution is -2.24. The Morgan fingerprint density at radius 2 is 1.50 bits per heavy atom. The zero-order valence-electron chi connectivity index (χ0n) is 12.8. The zero-order valence-corrected chi connectivity index (χ0v) is 12.8. The number of nitrogens with one attached hydrogen (secondary N) is 1. The van der Waals surface area contributed by atoms with Gasteiger partial charge in [-0.2, -0.15) is 0 Å². The molecule has 0 spiro atoms. The van der Waals surface area contributed by atoms with Crippen molar-refractivity contribution in [1.29, 1.82) is 0 Å². The monoisotopic (exact) mass is 309 g/mol. The summed E-state index contributed by atoms with van der Waals surface area (Å²) in [4.78, 5) is 22.7. The number of carboxylic acid groups (broad SMARTS) is 1. The first-order valence-corrected chi connectivity index (χ1v) is 7.55. The highest BCUT2D eigenvalue weighted by Crippen LogP contribution is 2.32. The van der Waals surface area contributed by atoms with Crippen LogP contribution in [-0.4, -0.2) is 33.7 Å². The van der Waals surface area contributed by atoms with Gasteiger partial charge in [0.05, 0.1) is 5.56 Å². The van der Waals surface area contributed by atoms with Gasteiger partial charge in [-0.05, 0) is 18.6 Å². The van der Waals surface area contributed by atoms with Gasteiger partial charge in [-0.3, -0.25) is 4.79 Å². The van der Waals surface area contributed by atoms with Gasteiger partial charge in [0.25, 0.3) is 5.91 Å². The van der Waals surface area contributed by atoms with Crippen LogP contribution in [0.5, 0.6) is 11.5 Å². The van der Waals surface area contributed by atoms with Gasteiger partial charge < -0.3 is 20.6 Å². The molecule has 1 aromatic carbocycles. The maximum absolute atomic E-state index is 11.9. The van der Waals surface area contributed by atoms with E-state index in [2.05, 4.69) is 12.2 Å². The van der Waals surface area contributed by atoms with Crippen LogP contribution in [0.2, 0.25) is 0 Å². The van der Waals surface area contributed by atoms with Gasteiger partial charge in [0, 0.05) is 6.54 Å². The van der Waals surface area contributed by atoms with Crippen molar-refractivity contribution in [3.8, 4) is 11.5 Å². The summed E-state index contributed by atoms with van der Waals surface area (Å²) >= 11 is 0. The van der Waals surface area contributed by atoms with Crippen molar-refractivity contribution in [2.75, 3.05) is 6.54 Å². The fraction of sp³-hybridized carbons (Fsp3) is 0.500. The molecule has 0 aliphatic heterocycles. The predicted molar refractivity (Wildman–Crippen MR) is 82.4 cm³/mol. The van der Waals surface area contributed by atoms with E-state index < -0.39 is 28.9 Å². The van der Waals surface area contributed by atoms with E-state index in [-0.39, 0.29) is 5.56 Å². The Labute approximate surface area is 129 Å². The molecular weight excluding hydrogens is 286 g/mol. The van der Waals surface area contributed by atoms with Gasteiger partial charge in [0.15, 0.2) is 11.5 Å². The van der Waals surface area contributed by atoms with Crippen molar-refractivity contribution in [1.82, 2.24) is 5.32 Å². The number of phenols is 2. The summed E-state index contributed by atoms with van der Waals surface area (Å²) in [6.45, 7) is 2.63. The van der Waals surface area contributed by atoms with Crippen molar-refractivity contribution in [3.05, 3.63) is 23.3 Å². The maximum atomic E-state index is 11.9. The molecule has 0 aliphatic rings. The number of rotatable bonds is 9. The molecule has 0 aromatic heterocycles. The molecule has 1 amide bonds. The molecule has 122 valence electrons. The summed E-state index contributed by atoms with van der Waals surface area (Å²) in [6.07, 6.45) is 6.59. The van der Waals surface area contributed by atoms with Crippen LogP contribution in [0.15, 0.2) is 12.1 Å². The Bertz CT molecular complexity index is 528. The van der Waals surface area contributed by atoms with Crippen LogP contribution < -0.4 is 5.32 Å². The van der Waals surface area contributed by atoms with Crippen molar-refractivity contribution in [3.63, 3.8) is 0 Å². The van der Waals surface area contributed by atoms with Crippen molar-refractivity contribution < 1.29 is 24.9 Å². The lowest BCUT2D eigenvalue weighted by Gasteiger charge is -2.09. The topological polar surface area (TPSA) is 107 Å². The Hall–Kier alpha value is -2.24. The summed E-state index contributed by atoms with van der Waals surface area (Å²) in [5.74, 6) is -3.40. The van der Waals surface area contributed by atoms with Crippen molar-refractivity contribution >= 4 is 11.9 Å². The van der Waals surface area contributed by atoms with E-state index in [9.17, 15) is 19.8 Å². The molecule has 0 fully saturated rings. The van der Waals surface area contributed by atoms with Crippen LogP contribution in [0.3, 0.4) is 0 Å². The summed E-state index contributed by atoms with van der Waals surface area (Å²) in [5, 5.41) is 30.8. The van der Waals surface area contributed by atoms with Gasteiger partial charge in [-0.1, -0.05) is 39.0 Å². The summed E-state index contributed by atoms with van der Waals surface area (Å²) in [6, 6.07) is 2.28. The molecule has 1 aromatic rings. The van der Waals surface area contributed by atoms with Crippen LogP contribution in [0, 0.1) is 0 Å². The van der Waals surface area contributed by atoms with Crippen LogP contribution in [-0.2, 0) is 0 Å². The number of carbonyl (C=O) groups is 2. The average molecular weight is 309 g/mol. The number of aromatic carboxylic acids is 1. The molecule has 0 heterocycles. The van der Waals surface area contributed by atoms with E-state index in [4.69, 9.17) is 5.11 Å². The van der Waals surface area contributed by atoms with E-state index in [1.54, 1.807) is 0 Å². The fourth-order valence-corrected chi connectivity index (χ4v) is 2.14. The number of hydrogen-bond acceptors (Lipinski definition) is 4. The number of benzene rings is 1. The molecular formula is C16H23NO5. The van der Waals surface area contributed by atoms with Gasteiger partial charge in [0.1, 0.15) is 5.56 Å². The van der Waals surface area contributed by atoms with Gasteiger partial charge in [0.2, 0.25) is 0 Å². The first-order chi connectivity index (χ1) is 10.5. The summed E-state index contributed by atoms with van der Waals surface area (Å²) in [7, 11) is 0. The molecule has 6 nitrogen and oxygen atoms in total. The third kappa shape index (κ3) is 4.95. The number of aromatic hydroxyl groups is 2. The minimum absolute atomic E-state index is 0.131. The summed E-state index contributed by atoms with van der Waals surface area (Å²) in [5.41, 5.74) is -0.571. The molecule has 0 radical (unpaired) electrons.